The summed E-state index contributed by atoms with van der Waals surface area (Å²) in [7, 11) is -1.67. The largest absolute Gasteiger partial charge is 0.494 e. The summed E-state index contributed by atoms with van der Waals surface area (Å²) >= 11 is 0. The van der Waals surface area contributed by atoms with Gasteiger partial charge >= 0.3 is 0 Å². The number of sulfonamides is 1. The third-order valence-electron chi connectivity index (χ3n) is 3.17. The van der Waals surface area contributed by atoms with Gasteiger partial charge in [0.25, 0.3) is 0 Å². The summed E-state index contributed by atoms with van der Waals surface area (Å²) in [5.41, 5.74) is 0. The van der Waals surface area contributed by atoms with E-state index in [-0.39, 0.29) is 10.9 Å². The molecule has 0 heterocycles. The molecular formula is C15H26N2O3S. The molecule has 1 aromatic rings. The number of hydrogen-bond acceptors (Lipinski definition) is 4. The van der Waals surface area contributed by atoms with Crippen molar-refractivity contribution in [1.29, 1.82) is 0 Å². The molecule has 21 heavy (non-hydrogen) atoms. The van der Waals surface area contributed by atoms with Crippen molar-refractivity contribution < 1.29 is 13.2 Å². The minimum Gasteiger partial charge on any atom is -0.494 e. The molecule has 0 aromatic heterocycles. The van der Waals surface area contributed by atoms with Crippen LogP contribution in [-0.4, -0.2) is 34.7 Å². The maximum absolute atomic E-state index is 12.1. The van der Waals surface area contributed by atoms with Crippen molar-refractivity contribution in [3.8, 4) is 5.75 Å². The van der Waals surface area contributed by atoms with Crippen LogP contribution in [0.15, 0.2) is 29.2 Å². The summed E-state index contributed by atoms with van der Waals surface area (Å²) in [6, 6.07) is 6.60. The smallest absolute Gasteiger partial charge is 0.240 e. The van der Waals surface area contributed by atoms with Gasteiger partial charge in [0, 0.05) is 12.6 Å². The fourth-order valence-corrected chi connectivity index (χ4v) is 2.68. The molecule has 0 bridgehead atoms. The molecule has 0 fully saturated rings. The highest BCUT2D eigenvalue weighted by molar-refractivity contribution is 7.89. The molecule has 0 saturated heterocycles. The maximum Gasteiger partial charge on any atom is 0.240 e. The van der Waals surface area contributed by atoms with Gasteiger partial charge in [-0.15, -0.1) is 0 Å². The molecule has 5 nitrogen and oxygen atoms in total. The normalized spacial score (nSPS) is 13.4. The highest BCUT2D eigenvalue weighted by Gasteiger charge is 2.14. The van der Waals surface area contributed by atoms with E-state index >= 15 is 0 Å². The first-order chi connectivity index (χ1) is 9.85. The van der Waals surface area contributed by atoms with Gasteiger partial charge in [-0.3, -0.25) is 0 Å². The standard InChI is InChI=1S/C15H26N2O3S/c1-12(2)9-10-20-14-5-7-15(8-6-14)21(18,19)17-11-13(3)16-4/h5-8,12-13,16-17H,9-11H2,1-4H3. The maximum atomic E-state index is 12.1. The average molecular weight is 314 g/mol. The Hall–Kier alpha value is -1.11. The van der Waals surface area contributed by atoms with E-state index in [4.69, 9.17) is 4.74 Å². The van der Waals surface area contributed by atoms with Crippen molar-refractivity contribution in [2.45, 2.75) is 38.1 Å². The monoisotopic (exact) mass is 314 g/mol. The molecule has 2 N–H and O–H groups in total. The van der Waals surface area contributed by atoms with Crippen LogP contribution < -0.4 is 14.8 Å². The fourth-order valence-electron chi connectivity index (χ4n) is 1.55. The molecular weight excluding hydrogens is 288 g/mol. The number of rotatable bonds is 9. The van der Waals surface area contributed by atoms with Crippen molar-refractivity contribution in [2.75, 3.05) is 20.2 Å². The summed E-state index contributed by atoms with van der Waals surface area (Å²) in [5, 5.41) is 2.98. The first kappa shape index (κ1) is 17.9. The molecule has 0 spiro atoms. The first-order valence-corrected chi connectivity index (χ1v) is 8.73. The molecule has 1 atom stereocenters. The number of nitrogens with one attached hydrogen (secondary N) is 2. The van der Waals surface area contributed by atoms with E-state index in [1.54, 1.807) is 31.3 Å². The second-order valence-corrected chi connectivity index (χ2v) is 7.31. The molecule has 0 aliphatic carbocycles. The second-order valence-electron chi connectivity index (χ2n) is 5.54. The predicted octanol–water partition coefficient (Wildman–Crippen LogP) is 2.00. The molecule has 0 amide bonds. The van der Waals surface area contributed by atoms with Crippen LogP contribution in [0, 0.1) is 5.92 Å². The van der Waals surface area contributed by atoms with Gasteiger partial charge in [-0.05, 0) is 50.6 Å². The van der Waals surface area contributed by atoms with Crippen LogP contribution in [0.2, 0.25) is 0 Å². The van der Waals surface area contributed by atoms with Crippen LogP contribution in [0.4, 0.5) is 0 Å². The topological polar surface area (TPSA) is 67.4 Å². The summed E-state index contributed by atoms with van der Waals surface area (Å²) in [6.45, 7) is 7.18. The van der Waals surface area contributed by atoms with Crippen LogP contribution in [0.5, 0.6) is 5.75 Å². The molecule has 120 valence electrons. The predicted molar refractivity (Wildman–Crippen MR) is 85.1 cm³/mol. The Morgan fingerprint density at radius 1 is 1.14 bits per heavy atom. The van der Waals surface area contributed by atoms with Crippen LogP contribution in [0.3, 0.4) is 0 Å². The average Bonchev–Trinajstić information content (AvgIpc) is 2.45. The van der Waals surface area contributed by atoms with E-state index in [0.717, 1.165) is 6.42 Å². The van der Waals surface area contributed by atoms with Crippen molar-refractivity contribution in [1.82, 2.24) is 10.0 Å². The summed E-state index contributed by atoms with van der Waals surface area (Å²) < 4.78 is 32.3. The van der Waals surface area contributed by atoms with Gasteiger partial charge in [0.15, 0.2) is 0 Å². The van der Waals surface area contributed by atoms with Gasteiger partial charge in [0.2, 0.25) is 10.0 Å². The fraction of sp³-hybridized carbons (Fsp3) is 0.600. The minimum atomic E-state index is -3.46. The third-order valence-corrected chi connectivity index (χ3v) is 4.61. The van der Waals surface area contributed by atoms with Crippen LogP contribution in [0.1, 0.15) is 27.2 Å². The van der Waals surface area contributed by atoms with Crippen LogP contribution in [0.25, 0.3) is 0 Å². The highest BCUT2D eigenvalue weighted by atomic mass is 32.2. The van der Waals surface area contributed by atoms with E-state index in [0.29, 0.717) is 24.8 Å². The van der Waals surface area contributed by atoms with Gasteiger partial charge in [-0.1, -0.05) is 13.8 Å². The summed E-state index contributed by atoms with van der Waals surface area (Å²) in [6.07, 6.45) is 0.976. The zero-order chi connectivity index (χ0) is 15.9. The van der Waals surface area contributed by atoms with E-state index in [1.807, 2.05) is 6.92 Å². The minimum absolute atomic E-state index is 0.0819. The quantitative estimate of drug-likeness (QED) is 0.731. The van der Waals surface area contributed by atoms with E-state index in [2.05, 4.69) is 23.9 Å². The molecule has 0 aliphatic rings. The van der Waals surface area contributed by atoms with E-state index in [1.165, 1.54) is 0 Å². The number of likely N-dealkylation sites (N-methyl/N-ethyl adjacent to an activating group) is 1. The van der Waals surface area contributed by atoms with Gasteiger partial charge in [-0.25, -0.2) is 13.1 Å². The van der Waals surface area contributed by atoms with Crippen molar-refractivity contribution in [3.05, 3.63) is 24.3 Å². The van der Waals surface area contributed by atoms with E-state index in [9.17, 15) is 8.42 Å². The van der Waals surface area contributed by atoms with Crippen molar-refractivity contribution in [3.63, 3.8) is 0 Å². The van der Waals surface area contributed by atoms with Crippen molar-refractivity contribution >= 4 is 10.0 Å². The zero-order valence-electron chi connectivity index (χ0n) is 13.2. The Morgan fingerprint density at radius 3 is 2.29 bits per heavy atom. The molecule has 1 unspecified atom stereocenters. The summed E-state index contributed by atoms with van der Waals surface area (Å²) in [5.74, 6) is 1.28. The Balaban J connectivity index is 2.60. The third kappa shape index (κ3) is 6.46. The second kappa shape index (κ2) is 8.36. The van der Waals surface area contributed by atoms with Gasteiger partial charge in [0.1, 0.15) is 5.75 Å². The highest BCUT2D eigenvalue weighted by Crippen LogP contribution is 2.16. The Kier molecular flexibility index (Phi) is 7.14. The van der Waals surface area contributed by atoms with Gasteiger partial charge in [0.05, 0.1) is 11.5 Å². The molecule has 6 heteroatoms. The van der Waals surface area contributed by atoms with Gasteiger partial charge in [-0.2, -0.15) is 0 Å². The lowest BCUT2D eigenvalue weighted by Crippen LogP contribution is -2.37. The first-order valence-electron chi connectivity index (χ1n) is 7.25. The Labute approximate surface area is 128 Å². The summed E-state index contributed by atoms with van der Waals surface area (Å²) in [4.78, 5) is 0.252. The molecule has 0 saturated carbocycles. The lowest BCUT2D eigenvalue weighted by molar-refractivity contribution is 0.289. The lowest BCUT2D eigenvalue weighted by Gasteiger charge is -2.12. The molecule has 0 aliphatic heterocycles. The number of benzene rings is 1. The Bertz CT molecular complexity index is 512. The molecule has 0 radical (unpaired) electrons. The van der Waals surface area contributed by atoms with Gasteiger partial charge < -0.3 is 10.1 Å². The lowest BCUT2D eigenvalue weighted by atomic mass is 10.1. The SMILES string of the molecule is CNC(C)CNS(=O)(=O)c1ccc(OCCC(C)C)cc1. The molecule has 1 rings (SSSR count). The van der Waals surface area contributed by atoms with Crippen LogP contribution in [-0.2, 0) is 10.0 Å². The van der Waals surface area contributed by atoms with Crippen molar-refractivity contribution in [2.24, 2.45) is 5.92 Å². The van der Waals surface area contributed by atoms with E-state index < -0.39 is 10.0 Å². The number of ether oxygens (including phenoxy) is 1. The van der Waals surface area contributed by atoms with Crippen LogP contribution >= 0.6 is 0 Å². The molecule has 1 aromatic carbocycles. The zero-order valence-corrected chi connectivity index (χ0v) is 14.0. The Morgan fingerprint density at radius 2 is 1.76 bits per heavy atom. The number of hydrogen-bond donors (Lipinski definition) is 2.